The van der Waals surface area contributed by atoms with Gasteiger partial charge in [-0.05, 0) is 43.7 Å². The van der Waals surface area contributed by atoms with E-state index in [0.717, 1.165) is 11.3 Å². The summed E-state index contributed by atoms with van der Waals surface area (Å²) in [6.45, 7) is 4.36. The van der Waals surface area contributed by atoms with Gasteiger partial charge in [0.05, 0.1) is 11.7 Å². The Balaban J connectivity index is 1.59. The Morgan fingerprint density at radius 2 is 1.72 bits per heavy atom. The van der Waals surface area contributed by atoms with Crippen LogP contribution in [0.5, 0.6) is 23.0 Å². The molecular formula is C20H18O5. The second-order valence-electron chi connectivity index (χ2n) is 6.22. The van der Waals surface area contributed by atoms with E-state index >= 15 is 0 Å². The Bertz CT molecular complexity index is 849. The highest BCUT2D eigenvalue weighted by molar-refractivity contribution is 6.14. The largest absolute Gasteiger partial charge is 0.491 e. The molecule has 2 aliphatic rings. The molecule has 25 heavy (non-hydrogen) atoms. The van der Waals surface area contributed by atoms with Crippen LogP contribution in [-0.2, 0) is 0 Å². The summed E-state index contributed by atoms with van der Waals surface area (Å²) in [6.07, 6.45) is 1.97. The maximum atomic E-state index is 12.8. The van der Waals surface area contributed by atoms with Gasteiger partial charge in [-0.2, -0.15) is 0 Å². The third kappa shape index (κ3) is 3.05. The number of hydrogen-bond donors (Lipinski definition) is 0. The van der Waals surface area contributed by atoms with Crippen molar-refractivity contribution in [1.82, 2.24) is 0 Å². The number of rotatable bonds is 3. The molecule has 0 bridgehead atoms. The molecule has 0 unspecified atom stereocenters. The van der Waals surface area contributed by atoms with E-state index in [2.05, 4.69) is 0 Å². The Kier molecular flexibility index (Phi) is 3.84. The molecule has 5 nitrogen and oxygen atoms in total. The number of carbonyl (C=O) groups is 1. The minimum Gasteiger partial charge on any atom is -0.491 e. The van der Waals surface area contributed by atoms with Gasteiger partial charge in [0, 0.05) is 11.6 Å². The molecule has 128 valence electrons. The molecule has 2 aromatic carbocycles. The van der Waals surface area contributed by atoms with Crippen molar-refractivity contribution < 1.29 is 23.7 Å². The fourth-order valence-electron chi connectivity index (χ4n) is 2.84. The average molecular weight is 338 g/mol. The molecule has 0 aliphatic carbocycles. The van der Waals surface area contributed by atoms with Gasteiger partial charge in [-0.1, -0.05) is 12.1 Å². The number of ketones is 1. The molecule has 0 aromatic heterocycles. The molecule has 0 amide bonds. The molecule has 5 heteroatoms. The van der Waals surface area contributed by atoms with Crippen LogP contribution in [0, 0.1) is 0 Å². The molecule has 0 N–H and O–H groups in total. The lowest BCUT2D eigenvalue weighted by molar-refractivity contribution is 0.100. The lowest BCUT2D eigenvalue weighted by Crippen LogP contribution is -2.19. The first-order chi connectivity index (χ1) is 12.1. The number of Topliss-reactive ketones (excluding diaryl/α,β-unsaturated/α-hetero) is 1. The summed E-state index contributed by atoms with van der Waals surface area (Å²) in [7, 11) is 0. The predicted molar refractivity (Wildman–Crippen MR) is 92.6 cm³/mol. The van der Waals surface area contributed by atoms with Gasteiger partial charge in [-0.3, -0.25) is 4.79 Å². The van der Waals surface area contributed by atoms with Crippen LogP contribution in [0.4, 0.5) is 0 Å². The zero-order chi connectivity index (χ0) is 17.4. The smallest absolute Gasteiger partial charge is 0.231 e. The van der Waals surface area contributed by atoms with E-state index in [1.807, 2.05) is 44.2 Å². The molecule has 0 radical (unpaired) electrons. The molecular weight excluding hydrogens is 320 g/mol. The van der Waals surface area contributed by atoms with Crippen LogP contribution >= 0.6 is 0 Å². The van der Waals surface area contributed by atoms with Crippen molar-refractivity contribution >= 4 is 11.9 Å². The monoisotopic (exact) mass is 338 g/mol. The van der Waals surface area contributed by atoms with Crippen LogP contribution in [0.15, 0.2) is 42.0 Å². The summed E-state index contributed by atoms with van der Waals surface area (Å²) in [4.78, 5) is 12.8. The number of ether oxygens (including phenoxy) is 4. The number of carbonyl (C=O) groups excluding carboxylic acids is 1. The summed E-state index contributed by atoms with van der Waals surface area (Å²) < 4.78 is 22.0. The van der Waals surface area contributed by atoms with Crippen LogP contribution in [0.1, 0.15) is 29.8 Å². The van der Waals surface area contributed by atoms with E-state index in [-0.39, 0.29) is 25.3 Å². The molecule has 2 aliphatic heterocycles. The zero-order valence-corrected chi connectivity index (χ0v) is 14.1. The minimum atomic E-state index is -0.0537. The van der Waals surface area contributed by atoms with Gasteiger partial charge in [-0.25, -0.2) is 0 Å². The molecule has 0 saturated carbocycles. The normalized spacial score (nSPS) is 16.8. The maximum absolute atomic E-state index is 12.8. The summed E-state index contributed by atoms with van der Waals surface area (Å²) in [5, 5.41) is 0. The van der Waals surface area contributed by atoms with Crippen LogP contribution in [-0.4, -0.2) is 25.3 Å². The van der Waals surface area contributed by atoms with E-state index < -0.39 is 0 Å². The SMILES string of the molecule is CC(C)Oc1ccc(C=C2COc3cc4c(cc3C2=O)OCO4)cc1. The third-order valence-corrected chi connectivity index (χ3v) is 3.99. The first-order valence-electron chi connectivity index (χ1n) is 8.18. The van der Waals surface area contributed by atoms with E-state index in [1.54, 1.807) is 12.1 Å². The summed E-state index contributed by atoms with van der Waals surface area (Å²) in [5.74, 6) is 2.47. The first kappa shape index (κ1) is 15.6. The van der Waals surface area contributed by atoms with Gasteiger partial charge in [-0.15, -0.1) is 0 Å². The summed E-state index contributed by atoms with van der Waals surface area (Å²) >= 11 is 0. The van der Waals surface area contributed by atoms with Crippen LogP contribution in [0.25, 0.3) is 6.08 Å². The second kappa shape index (κ2) is 6.16. The first-order valence-corrected chi connectivity index (χ1v) is 8.18. The van der Waals surface area contributed by atoms with E-state index in [0.29, 0.717) is 28.4 Å². The van der Waals surface area contributed by atoms with Crippen molar-refractivity contribution in [1.29, 1.82) is 0 Å². The zero-order valence-electron chi connectivity index (χ0n) is 14.1. The third-order valence-electron chi connectivity index (χ3n) is 3.99. The Morgan fingerprint density at radius 1 is 1.00 bits per heavy atom. The van der Waals surface area contributed by atoms with Gasteiger partial charge in [0.25, 0.3) is 0 Å². The molecule has 2 aromatic rings. The maximum Gasteiger partial charge on any atom is 0.231 e. The topological polar surface area (TPSA) is 54.0 Å². The second-order valence-corrected chi connectivity index (χ2v) is 6.22. The molecule has 0 atom stereocenters. The van der Waals surface area contributed by atoms with Crippen LogP contribution in [0.3, 0.4) is 0 Å². The minimum absolute atomic E-state index is 0.0537. The highest BCUT2D eigenvalue weighted by Crippen LogP contribution is 2.40. The quantitative estimate of drug-likeness (QED) is 0.796. The molecule has 0 fully saturated rings. The van der Waals surface area contributed by atoms with Crippen molar-refractivity contribution in [2.45, 2.75) is 20.0 Å². The average Bonchev–Trinajstić information content (AvgIpc) is 3.04. The molecule has 0 spiro atoms. The van der Waals surface area contributed by atoms with Crippen molar-refractivity contribution in [3.8, 4) is 23.0 Å². The number of benzene rings is 2. The van der Waals surface area contributed by atoms with Crippen molar-refractivity contribution in [3.63, 3.8) is 0 Å². The van der Waals surface area contributed by atoms with Crippen LogP contribution < -0.4 is 18.9 Å². The summed E-state index contributed by atoms with van der Waals surface area (Å²) in [6, 6.07) is 11.0. The van der Waals surface area contributed by atoms with Gasteiger partial charge in [0.1, 0.15) is 18.1 Å². The van der Waals surface area contributed by atoms with Crippen molar-refractivity contribution in [2.75, 3.05) is 13.4 Å². The Morgan fingerprint density at radius 3 is 2.44 bits per heavy atom. The van der Waals surface area contributed by atoms with E-state index in [4.69, 9.17) is 18.9 Å². The lowest BCUT2D eigenvalue weighted by atomic mass is 9.98. The van der Waals surface area contributed by atoms with Gasteiger partial charge in [0.2, 0.25) is 6.79 Å². The van der Waals surface area contributed by atoms with Gasteiger partial charge >= 0.3 is 0 Å². The standard InChI is InChI=1S/C20H18O5/c1-12(2)25-15-5-3-13(4-6-15)7-14-10-22-17-9-19-18(23-11-24-19)8-16(17)20(14)21/h3-9,12H,10-11H2,1-2H3. The lowest BCUT2D eigenvalue weighted by Gasteiger charge is -2.19. The number of fused-ring (bicyclic) bond motifs is 2. The van der Waals surface area contributed by atoms with E-state index in [9.17, 15) is 4.79 Å². The van der Waals surface area contributed by atoms with Crippen molar-refractivity contribution in [3.05, 3.63) is 53.1 Å². The Hall–Kier alpha value is -2.95. The van der Waals surface area contributed by atoms with Crippen molar-refractivity contribution in [2.24, 2.45) is 0 Å². The summed E-state index contributed by atoms with van der Waals surface area (Å²) in [5.41, 5.74) is 2.03. The predicted octanol–water partition coefficient (Wildman–Crippen LogP) is 3.86. The Labute approximate surface area is 145 Å². The fourth-order valence-corrected chi connectivity index (χ4v) is 2.84. The van der Waals surface area contributed by atoms with Gasteiger partial charge < -0.3 is 18.9 Å². The molecule has 0 saturated heterocycles. The highest BCUT2D eigenvalue weighted by Gasteiger charge is 2.27. The van der Waals surface area contributed by atoms with Crippen LogP contribution in [0.2, 0.25) is 0 Å². The number of hydrogen-bond acceptors (Lipinski definition) is 5. The fraction of sp³-hybridized carbons (Fsp3) is 0.250. The van der Waals surface area contributed by atoms with E-state index in [1.165, 1.54) is 0 Å². The molecule has 4 rings (SSSR count). The highest BCUT2D eigenvalue weighted by atomic mass is 16.7. The van der Waals surface area contributed by atoms with Gasteiger partial charge in [0.15, 0.2) is 17.3 Å². The molecule has 2 heterocycles.